The Bertz CT molecular complexity index is 1260. The lowest BCUT2D eigenvalue weighted by molar-refractivity contribution is 1.26. The van der Waals surface area contributed by atoms with E-state index in [-0.39, 0.29) is 0 Å². The normalized spacial score (nSPS) is 10.9. The fraction of sp³-hybridized carbons (Fsp3) is 0. The second kappa shape index (κ2) is 8.55. The highest BCUT2D eigenvalue weighted by atomic mass is 15.1. The smallest absolute Gasteiger partial charge is 0.137 e. The molecule has 34 heavy (non-hydrogen) atoms. The lowest BCUT2D eigenvalue weighted by atomic mass is 10.1. The van der Waals surface area contributed by atoms with Gasteiger partial charge in [0.2, 0.25) is 0 Å². The zero-order valence-electron chi connectivity index (χ0n) is 18.2. The molecule has 0 bridgehead atoms. The van der Waals surface area contributed by atoms with E-state index in [0.29, 0.717) is 0 Å². The first-order chi connectivity index (χ1) is 16.8. The minimum atomic E-state index is 0.851. The lowest BCUT2D eigenvalue weighted by Gasteiger charge is -2.26. The summed E-state index contributed by atoms with van der Waals surface area (Å²) in [6.45, 7) is 0. The number of nitrogens with zero attached hydrogens (tertiary/aromatic N) is 4. The number of H-pyrrole nitrogens is 3. The van der Waals surface area contributed by atoms with Crippen molar-refractivity contribution in [1.29, 1.82) is 0 Å². The quantitative estimate of drug-likeness (QED) is 0.281. The molecule has 3 aromatic carbocycles. The van der Waals surface area contributed by atoms with Crippen molar-refractivity contribution >= 4 is 17.1 Å². The van der Waals surface area contributed by atoms with Gasteiger partial charge in [-0.25, -0.2) is 15.0 Å². The van der Waals surface area contributed by atoms with E-state index in [0.717, 1.165) is 51.2 Å². The van der Waals surface area contributed by atoms with E-state index in [1.54, 1.807) is 18.6 Å². The molecule has 0 radical (unpaired) electrons. The van der Waals surface area contributed by atoms with Gasteiger partial charge in [-0.05, 0) is 72.8 Å². The number of benzene rings is 3. The van der Waals surface area contributed by atoms with Crippen LogP contribution in [0.5, 0.6) is 0 Å². The summed E-state index contributed by atoms with van der Waals surface area (Å²) in [6, 6.07) is 25.1. The zero-order chi connectivity index (χ0) is 22.7. The van der Waals surface area contributed by atoms with Gasteiger partial charge in [0.15, 0.2) is 0 Å². The van der Waals surface area contributed by atoms with Crippen LogP contribution in [0, 0.1) is 0 Å². The Hall–Kier alpha value is -4.91. The van der Waals surface area contributed by atoms with Crippen LogP contribution in [0.25, 0.3) is 34.2 Å². The van der Waals surface area contributed by atoms with Crippen LogP contribution in [-0.2, 0) is 0 Å². The van der Waals surface area contributed by atoms with Crippen LogP contribution >= 0.6 is 0 Å². The van der Waals surface area contributed by atoms with Gasteiger partial charge in [0.25, 0.3) is 0 Å². The third-order valence-corrected chi connectivity index (χ3v) is 5.69. The second-order valence-corrected chi connectivity index (χ2v) is 7.79. The third-order valence-electron chi connectivity index (χ3n) is 5.69. The fourth-order valence-electron chi connectivity index (χ4n) is 4.02. The summed E-state index contributed by atoms with van der Waals surface area (Å²) in [5.41, 5.74) is 6.26. The second-order valence-electron chi connectivity index (χ2n) is 7.79. The van der Waals surface area contributed by atoms with Crippen molar-refractivity contribution in [3.63, 3.8) is 0 Å². The fourth-order valence-corrected chi connectivity index (χ4v) is 4.02. The predicted molar refractivity (Wildman–Crippen MR) is 134 cm³/mol. The maximum atomic E-state index is 4.36. The van der Waals surface area contributed by atoms with Crippen LogP contribution in [0.1, 0.15) is 0 Å². The van der Waals surface area contributed by atoms with Gasteiger partial charge < -0.3 is 19.9 Å². The maximum absolute atomic E-state index is 4.36. The molecule has 164 valence electrons. The topological polar surface area (TPSA) is 89.3 Å². The molecule has 0 aliphatic rings. The van der Waals surface area contributed by atoms with Gasteiger partial charge in [-0.3, -0.25) is 0 Å². The van der Waals surface area contributed by atoms with Gasteiger partial charge in [0, 0.05) is 70.9 Å². The molecule has 6 rings (SSSR count). The Morgan fingerprint density at radius 2 is 0.706 bits per heavy atom. The Balaban J connectivity index is 1.39. The van der Waals surface area contributed by atoms with Gasteiger partial charge in [-0.1, -0.05) is 0 Å². The number of imidazole rings is 3. The number of aromatic nitrogens is 6. The molecular formula is C27H21N7. The molecule has 0 unspecified atom stereocenters. The highest BCUT2D eigenvalue weighted by Crippen LogP contribution is 2.36. The van der Waals surface area contributed by atoms with Gasteiger partial charge >= 0.3 is 0 Å². The van der Waals surface area contributed by atoms with E-state index in [9.17, 15) is 0 Å². The van der Waals surface area contributed by atoms with Crippen molar-refractivity contribution in [2.45, 2.75) is 0 Å². The minimum Gasteiger partial charge on any atom is -0.345 e. The molecule has 3 aromatic heterocycles. The standard InChI is InChI=1S/C27H21N7/c1-7-22(8-2-19(1)25-28-13-14-29-25)34(23-9-3-20(4-10-23)26-30-15-16-31-26)24-11-5-21(6-12-24)27-32-17-18-33-27/h1-18H,(H,28,29)(H,30,31)(H,32,33). The molecule has 3 heterocycles. The third kappa shape index (κ3) is 3.75. The van der Waals surface area contributed by atoms with Crippen LogP contribution in [0.4, 0.5) is 17.1 Å². The molecule has 0 aliphatic carbocycles. The van der Waals surface area contributed by atoms with E-state index in [1.807, 2.05) is 18.6 Å². The first kappa shape index (κ1) is 19.8. The summed E-state index contributed by atoms with van der Waals surface area (Å²) < 4.78 is 0. The van der Waals surface area contributed by atoms with Crippen LogP contribution in [0.15, 0.2) is 110 Å². The highest BCUT2D eigenvalue weighted by Gasteiger charge is 2.14. The zero-order valence-corrected chi connectivity index (χ0v) is 18.2. The molecule has 0 amide bonds. The van der Waals surface area contributed by atoms with Crippen molar-refractivity contribution in [2.75, 3.05) is 4.90 Å². The number of aromatic amines is 3. The summed E-state index contributed by atoms with van der Waals surface area (Å²) in [6.07, 6.45) is 10.8. The monoisotopic (exact) mass is 443 g/mol. The Morgan fingerprint density at radius 1 is 0.412 bits per heavy atom. The molecule has 7 heteroatoms. The highest BCUT2D eigenvalue weighted by molar-refractivity contribution is 5.79. The van der Waals surface area contributed by atoms with Crippen molar-refractivity contribution in [1.82, 2.24) is 29.9 Å². The predicted octanol–water partition coefficient (Wildman–Crippen LogP) is 6.33. The van der Waals surface area contributed by atoms with E-state index >= 15 is 0 Å². The van der Waals surface area contributed by atoms with E-state index in [1.165, 1.54) is 0 Å². The molecule has 0 saturated heterocycles. The summed E-state index contributed by atoms with van der Waals surface area (Å²) in [5, 5.41) is 0. The molecule has 6 aromatic rings. The molecule has 0 spiro atoms. The van der Waals surface area contributed by atoms with Crippen LogP contribution in [0.2, 0.25) is 0 Å². The van der Waals surface area contributed by atoms with E-state index < -0.39 is 0 Å². The SMILES string of the molecule is c1c[nH]c(-c2ccc(N(c3ccc(-c4ncc[nH]4)cc3)c3ccc(-c4ncc[nH]4)cc3)cc2)n1. The summed E-state index contributed by atoms with van der Waals surface area (Å²) in [7, 11) is 0. The molecular weight excluding hydrogens is 422 g/mol. The minimum absolute atomic E-state index is 0.851. The van der Waals surface area contributed by atoms with Crippen LogP contribution < -0.4 is 4.90 Å². The van der Waals surface area contributed by atoms with Gasteiger partial charge in [-0.15, -0.1) is 0 Å². The first-order valence-corrected chi connectivity index (χ1v) is 10.9. The summed E-state index contributed by atoms with van der Waals surface area (Å²) >= 11 is 0. The van der Waals surface area contributed by atoms with Crippen molar-refractivity contribution in [3.8, 4) is 34.2 Å². The molecule has 3 N–H and O–H groups in total. The number of hydrogen-bond donors (Lipinski definition) is 3. The average molecular weight is 444 g/mol. The van der Waals surface area contributed by atoms with E-state index in [4.69, 9.17) is 0 Å². The maximum Gasteiger partial charge on any atom is 0.137 e. The Kier molecular flexibility index (Phi) is 4.97. The van der Waals surface area contributed by atoms with Crippen molar-refractivity contribution in [3.05, 3.63) is 110 Å². The number of hydrogen-bond acceptors (Lipinski definition) is 4. The van der Waals surface area contributed by atoms with Gasteiger partial charge in [-0.2, -0.15) is 0 Å². The van der Waals surface area contributed by atoms with Crippen LogP contribution in [0.3, 0.4) is 0 Å². The lowest BCUT2D eigenvalue weighted by Crippen LogP contribution is -2.09. The first-order valence-electron chi connectivity index (χ1n) is 10.9. The molecule has 0 saturated carbocycles. The largest absolute Gasteiger partial charge is 0.345 e. The Morgan fingerprint density at radius 3 is 0.941 bits per heavy atom. The Labute approximate surface area is 196 Å². The van der Waals surface area contributed by atoms with Gasteiger partial charge in [0.05, 0.1) is 0 Å². The molecule has 7 nitrogen and oxygen atoms in total. The summed E-state index contributed by atoms with van der Waals surface area (Å²) in [5.74, 6) is 2.55. The number of nitrogens with one attached hydrogen (secondary N) is 3. The van der Waals surface area contributed by atoms with Crippen LogP contribution in [-0.4, -0.2) is 29.9 Å². The average Bonchev–Trinajstić information content (AvgIpc) is 3.69. The van der Waals surface area contributed by atoms with Crippen molar-refractivity contribution < 1.29 is 0 Å². The van der Waals surface area contributed by atoms with Gasteiger partial charge in [0.1, 0.15) is 17.5 Å². The molecule has 0 atom stereocenters. The van der Waals surface area contributed by atoms with Crippen molar-refractivity contribution in [2.24, 2.45) is 0 Å². The number of rotatable bonds is 6. The molecule has 0 fully saturated rings. The summed E-state index contributed by atoms with van der Waals surface area (Å²) in [4.78, 5) is 24.8. The van der Waals surface area contributed by atoms with E-state index in [2.05, 4.69) is 108 Å². The molecule has 0 aliphatic heterocycles. The number of anilines is 3.